The lowest BCUT2D eigenvalue weighted by atomic mass is 9.95. The Morgan fingerprint density at radius 2 is 2.04 bits per heavy atom. The molecule has 0 bridgehead atoms. The third-order valence-electron chi connectivity index (χ3n) is 4.53. The number of nitrogens with zero attached hydrogens (tertiary/aromatic N) is 2. The summed E-state index contributed by atoms with van der Waals surface area (Å²) in [7, 11) is 4.30. The number of methoxy groups -OCH3 is 1. The monoisotopic (exact) mass is 360 g/mol. The first-order valence-corrected chi connectivity index (χ1v) is 8.00. The first kappa shape index (κ1) is 17.6. The molecule has 0 radical (unpaired) electrons. The summed E-state index contributed by atoms with van der Waals surface area (Å²) in [5.41, 5.74) is 5.29. The van der Waals surface area contributed by atoms with E-state index in [0.29, 0.717) is 17.9 Å². The molecule has 1 aromatic heterocycles. The van der Waals surface area contributed by atoms with E-state index < -0.39 is 23.1 Å². The van der Waals surface area contributed by atoms with Gasteiger partial charge in [-0.15, -0.1) is 0 Å². The number of hydrogen-bond donors (Lipinski definition) is 2. The highest BCUT2D eigenvalue weighted by Crippen LogP contribution is 2.34. The number of aromatic nitrogens is 2. The highest BCUT2D eigenvalue weighted by molar-refractivity contribution is 5.95. The van der Waals surface area contributed by atoms with Gasteiger partial charge in [0.2, 0.25) is 5.91 Å². The van der Waals surface area contributed by atoms with Crippen molar-refractivity contribution in [1.82, 2.24) is 9.13 Å². The van der Waals surface area contributed by atoms with E-state index >= 15 is 0 Å². The van der Waals surface area contributed by atoms with Crippen molar-refractivity contribution in [3.05, 3.63) is 44.6 Å². The molecule has 3 rings (SSSR count). The summed E-state index contributed by atoms with van der Waals surface area (Å²) in [6.07, 6.45) is 0.400. The molecule has 1 aromatic carbocycles. The third kappa shape index (κ3) is 2.81. The molecule has 26 heavy (non-hydrogen) atoms. The van der Waals surface area contributed by atoms with Crippen LogP contribution < -0.4 is 31.8 Å². The van der Waals surface area contributed by atoms with Crippen LogP contribution in [0, 0.1) is 5.92 Å². The summed E-state index contributed by atoms with van der Waals surface area (Å²) >= 11 is 0. The van der Waals surface area contributed by atoms with Gasteiger partial charge in [0.1, 0.15) is 29.6 Å². The number of benzene rings is 1. The number of anilines is 2. The summed E-state index contributed by atoms with van der Waals surface area (Å²) < 4.78 is 13.0. The molecule has 1 aliphatic heterocycles. The first-order valence-electron chi connectivity index (χ1n) is 8.00. The minimum absolute atomic E-state index is 0.0961. The number of carbonyl (C=O) groups excluding carboxylic acids is 1. The van der Waals surface area contributed by atoms with Crippen molar-refractivity contribution in [3.63, 3.8) is 0 Å². The predicted molar refractivity (Wildman–Crippen MR) is 95.6 cm³/mol. The van der Waals surface area contributed by atoms with Crippen molar-refractivity contribution in [2.24, 2.45) is 20.0 Å². The van der Waals surface area contributed by atoms with Crippen molar-refractivity contribution in [2.75, 3.05) is 24.8 Å². The fourth-order valence-electron chi connectivity index (χ4n) is 2.94. The van der Waals surface area contributed by atoms with Crippen molar-refractivity contribution >= 4 is 17.4 Å². The van der Waals surface area contributed by atoms with E-state index in [9.17, 15) is 14.4 Å². The van der Waals surface area contributed by atoms with E-state index in [-0.39, 0.29) is 18.1 Å². The van der Waals surface area contributed by atoms with Gasteiger partial charge in [-0.05, 0) is 18.6 Å². The van der Waals surface area contributed by atoms with Crippen molar-refractivity contribution < 1.29 is 14.3 Å². The Balaban J connectivity index is 1.89. The fourth-order valence-corrected chi connectivity index (χ4v) is 2.94. The smallest absolute Gasteiger partial charge is 0.332 e. The second-order valence-corrected chi connectivity index (χ2v) is 6.10. The Kier molecular flexibility index (Phi) is 4.45. The number of nitrogens with one attached hydrogen (secondary N) is 1. The van der Waals surface area contributed by atoms with Crippen molar-refractivity contribution in [3.8, 4) is 11.5 Å². The fraction of sp³-hybridized carbons (Fsp3) is 0.353. The lowest BCUT2D eigenvalue weighted by Gasteiger charge is -2.26. The molecule has 1 amide bonds. The minimum Gasteiger partial charge on any atom is -0.496 e. The standard InChI is InChI=1S/C17H20N4O5/c1-20-14(18)13(16(23)21(2)17(20)24)19-15(22)9-7-10-11(25-3)5-4-6-12(10)26-8-9/h4-6,9H,7-8,18H2,1-3H3,(H,19,22). The van der Waals surface area contributed by atoms with Crippen LogP contribution in [-0.2, 0) is 25.3 Å². The maximum absolute atomic E-state index is 12.7. The van der Waals surface area contributed by atoms with Gasteiger partial charge in [0, 0.05) is 19.7 Å². The van der Waals surface area contributed by atoms with Crippen LogP contribution in [0.4, 0.5) is 11.5 Å². The molecule has 9 nitrogen and oxygen atoms in total. The molecule has 1 atom stereocenters. The SMILES string of the molecule is COc1cccc2c1CC(C(=O)Nc1c(N)n(C)c(=O)n(C)c1=O)CO2. The Labute approximate surface area is 148 Å². The number of hydrogen-bond acceptors (Lipinski definition) is 6. The second kappa shape index (κ2) is 6.58. The number of ether oxygens (including phenoxy) is 2. The van der Waals surface area contributed by atoms with E-state index in [1.807, 2.05) is 12.1 Å². The Bertz CT molecular complexity index is 978. The third-order valence-corrected chi connectivity index (χ3v) is 4.53. The van der Waals surface area contributed by atoms with Gasteiger partial charge in [0.25, 0.3) is 5.56 Å². The van der Waals surface area contributed by atoms with Crippen LogP contribution in [0.1, 0.15) is 5.56 Å². The van der Waals surface area contributed by atoms with Crippen molar-refractivity contribution in [1.29, 1.82) is 0 Å². The lowest BCUT2D eigenvalue weighted by Crippen LogP contribution is -2.41. The maximum Gasteiger partial charge on any atom is 0.332 e. The largest absolute Gasteiger partial charge is 0.496 e. The molecule has 2 heterocycles. The summed E-state index contributed by atoms with van der Waals surface area (Å²) in [6, 6.07) is 5.42. The van der Waals surface area contributed by atoms with Gasteiger partial charge in [-0.2, -0.15) is 0 Å². The molecule has 0 spiro atoms. The molecule has 0 saturated heterocycles. The van der Waals surface area contributed by atoms with E-state index in [1.54, 1.807) is 13.2 Å². The maximum atomic E-state index is 12.7. The zero-order chi connectivity index (χ0) is 19.0. The predicted octanol–water partition coefficient (Wildman–Crippen LogP) is -0.135. The molecular weight excluding hydrogens is 340 g/mol. The molecule has 0 aliphatic carbocycles. The molecule has 138 valence electrons. The van der Waals surface area contributed by atoms with Gasteiger partial charge < -0.3 is 20.5 Å². The second-order valence-electron chi connectivity index (χ2n) is 6.10. The number of carbonyl (C=O) groups is 1. The topological polar surface area (TPSA) is 118 Å². The van der Waals surface area contributed by atoms with Crippen LogP contribution in [0.3, 0.4) is 0 Å². The number of nitrogens with two attached hydrogens (primary N) is 1. The molecular formula is C17H20N4O5. The number of nitrogen functional groups attached to an aromatic ring is 1. The molecule has 2 aromatic rings. The summed E-state index contributed by atoms with van der Waals surface area (Å²) in [6.45, 7) is 0.165. The average molecular weight is 360 g/mol. The average Bonchev–Trinajstić information content (AvgIpc) is 2.67. The zero-order valence-electron chi connectivity index (χ0n) is 14.7. The van der Waals surface area contributed by atoms with Gasteiger partial charge in [0.05, 0.1) is 13.0 Å². The van der Waals surface area contributed by atoms with Crippen molar-refractivity contribution in [2.45, 2.75) is 6.42 Å². The normalized spacial score (nSPS) is 15.7. The zero-order valence-corrected chi connectivity index (χ0v) is 14.7. The molecule has 0 fully saturated rings. The van der Waals surface area contributed by atoms with Gasteiger partial charge >= 0.3 is 5.69 Å². The van der Waals surface area contributed by atoms with Crippen LogP contribution >= 0.6 is 0 Å². The number of fused-ring (bicyclic) bond motifs is 1. The van der Waals surface area contributed by atoms with E-state index in [1.165, 1.54) is 14.1 Å². The quantitative estimate of drug-likeness (QED) is 0.787. The lowest BCUT2D eigenvalue weighted by molar-refractivity contribution is -0.121. The highest BCUT2D eigenvalue weighted by atomic mass is 16.5. The van der Waals surface area contributed by atoms with Crippen LogP contribution in [0.2, 0.25) is 0 Å². The van der Waals surface area contributed by atoms with Gasteiger partial charge in [-0.3, -0.25) is 18.7 Å². The van der Waals surface area contributed by atoms with Crippen LogP contribution in [0.15, 0.2) is 27.8 Å². The van der Waals surface area contributed by atoms with Gasteiger partial charge in [-0.1, -0.05) is 6.07 Å². The molecule has 9 heteroatoms. The van der Waals surface area contributed by atoms with Crippen LogP contribution in [0.5, 0.6) is 11.5 Å². The summed E-state index contributed by atoms with van der Waals surface area (Å²) in [4.78, 5) is 36.8. The molecule has 1 unspecified atom stereocenters. The highest BCUT2D eigenvalue weighted by Gasteiger charge is 2.29. The summed E-state index contributed by atoms with van der Waals surface area (Å²) in [5, 5.41) is 2.55. The van der Waals surface area contributed by atoms with Gasteiger partial charge in [0.15, 0.2) is 0 Å². The first-order chi connectivity index (χ1) is 12.3. The van der Waals surface area contributed by atoms with E-state index in [0.717, 1.165) is 14.7 Å². The van der Waals surface area contributed by atoms with Crippen LogP contribution in [0.25, 0.3) is 0 Å². The molecule has 3 N–H and O–H groups in total. The van der Waals surface area contributed by atoms with E-state index in [2.05, 4.69) is 5.32 Å². The molecule has 0 saturated carbocycles. The molecule has 1 aliphatic rings. The Hall–Kier alpha value is -3.23. The van der Waals surface area contributed by atoms with Crippen LogP contribution in [-0.4, -0.2) is 28.8 Å². The number of rotatable bonds is 3. The summed E-state index contributed by atoms with van der Waals surface area (Å²) in [5.74, 6) is 0.272. The van der Waals surface area contributed by atoms with Gasteiger partial charge in [-0.25, -0.2) is 4.79 Å². The Morgan fingerprint density at radius 1 is 1.31 bits per heavy atom. The van der Waals surface area contributed by atoms with E-state index in [4.69, 9.17) is 15.2 Å². The Morgan fingerprint density at radius 3 is 2.73 bits per heavy atom. The number of amides is 1. The minimum atomic E-state index is -0.659.